The first-order valence-electron chi connectivity index (χ1n) is 11.3. The van der Waals surface area contributed by atoms with Crippen LogP contribution in [0.5, 0.6) is 0 Å². The van der Waals surface area contributed by atoms with E-state index >= 15 is 0 Å². The molecule has 0 aliphatic carbocycles. The number of rotatable bonds is 13. The second kappa shape index (κ2) is 12.9. The Bertz CT molecular complexity index is 834. The van der Waals surface area contributed by atoms with Gasteiger partial charge in [-0.25, -0.2) is 8.42 Å². The van der Waals surface area contributed by atoms with Crippen molar-refractivity contribution in [1.29, 1.82) is 0 Å². The minimum Gasteiger partial charge on any atom is -0.468 e. The Hall–Kier alpha value is -2.01. The molecule has 1 aromatic rings. The summed E-state index contributed by atoms with van der Waals surface area (Å²) < 4.78 is 32.4. The summed E-state index contributed by atoms with van der Waals surface area (Å²) in [4.78, 5) is 24.9. The zero-order chi connectivity index (χ0) is 23.6. The number of ether oxygens (including phenoxy) is 1. The molecule has 0 bridgehead atoms. The van der Waals surface area contributed by atoms with Gasteiger partial charge < -0.3 is 21.1 Å². The molecule has 3 atom stereocenters. The number of benzene rings is 1. The summed E-state index contributed by atoms with van der Waals surface area (Å²) in [6.07, 6.45) is 4.13. The molecule has 0 saturated carbocycles. The quantitative estimate of drug-likeness (QED) is 0.278. The van der Waals surface area contributed by atoms with Crippen LogP contribution in [-0.2, 0) is 24.3 Å². The minimum atomic E-state index is -3.61. The van der Waals surface area contributed by atoms with Crippen LogP contribution >= 0.6 is 0 Å². The third-order valence-corrected chi connectivity index (χ3v) is 7.79. The molecule has 32 heavy (non-hydrogen) atoms. The highest BCUT2D eigenvalue weighted by Crippen LogP contribution is 2.25. The van der Waals surface area contributed by atoms with Gasteiger partial charge in [0.1, 0.15) is 6.04 Å². The highest BCUT2D eigenvalue weighted by molar-refractivity contribution is 7.89. The zero-order valence-corrected chi connectivity index (χ0v) is 19.9. The van der Waals surface area contributed by atoms with Crippen molar-refractivity contribution in [1.82, 2.24) is 14.9 Å². The lowest BCUT2D eigenvalue weighted by molar-refractivity contribution is -0.368. The Morgan fingerprint density at radius 3 is 2.62 bits per heavy atom. The van der Waals surface area contributed by atoms with Crippen molar-refractivity contribution in [2.75, 3.05) is 33.3 Å². The summed E-state index contributed by atoms with van der Waals surface area (Å²) >= 11 is 0. The van der Waals surface area contributed by atoms with Gasteiger partial charge >= 0.3 is 5.97 Å². The molecule has 180 valence electrons. The fourth-order valence-electron chi connectivity index (χ4n) is 3.85. The number of nitrogens with zero attached hydrogens (tertiary/aromatic N) is 1. The number of amides is 1. The van der Waals surface area contributed by atoms with Gasteiger partial charge in [0.05, 0.1) is 18.6 Å². The van der Waals surface area contributed by atoms with Crippen LogP contribution in [0.4, 0.5) is 0 Å². The molecule has 5 N–H and O–H groups in total. The maximum atomic E-state index is 13.0. The van der Waals surface area contributed by atoms with Gasteiger partial charge in [-0.05, 0) is 44.2 Å². The van der Waals surface area contributed by atoms with Crippen molar-refractivity contribution >= 4 is 21.9 Å². The average Bonchev–Trinajstić information content (AvgIpc) is 3.28. The molecule has 1 heterocycles. The van der Waals surface area contributed by atoms with Crippen molar-refractivity contribution in [2.45, 2.75) is 56.0 Å². The van der Waals surface area contributed by atoms with Crippen molar-refractivity contribution < 1.29 is 28.5 Å². The second-order valence-corrected chi connectivity index (χ2v) is 10.1. The number of carbonyl (C=O) groups is 2. The molecule has 1 saturated heterocycles. The first-order valence-corrected chi connectivity index (χ1v) is 12.7. The van der Waals surface area contributed by atoms with Crippen LogP contribution < -0.4 is 16.4 Å². The number of quaternary nitrogens is 1. The van der Waals surface area contributed by atoms with Crippen LogP contribution in [0.1, 0.15) is 39.0 Å². The maximum absolute atomic E-state index is 13.0. The molecule has 0 aromatic heterocycles. The number of hydrogen-bond acceptors (Lipinski definition) is 6. The van der Waals surface area contributed by atoms with Crippen molar-refractivity contribution in [2.24, 2.45) is 5.92 Å². The van der Waals surface area contributed by atoms with Crippen LogP contribution in [0.3, 0.4) is 0 Å². The third kappa shape index (κ3) is 7.26. The van der Waals surface area contributed by atoms with Gasteiger partial charge in [-0.3, -0.25) is 9.59 Å². The molecular weight excluding hydrogens is 432 g/mol. The summed E-state index contributed by atoms with van der Waals surface area (Å²) in [5, 5.41) is 5.93. The average molecular weight is 470 g/mol. The van der Waals surface area contributed by atoms with Gasteiger partial charge in [0.15, 0.2) is 0 Å². The molecule has 1 amide bonds. The number of sulfonamides is 1. The van der Waals surface area contributed by atoms with Crippen LogP contribution in [0.15, 0.2) is 35.2 Å². The van der Waals surface area contributed by atoms with E-state index < -0.39 is 22.0 Å². The lowest BCUT2D eigenvalue weighted by Crippen LogP contribution is -2.51. The Labute approximate surface area is 191 Å². The Morgan fingerprint density at radius 2 is 1.97 bits per heavy atom. The Balaban J connectivity index is 1.95. The lowest BCUT2D eigenvalue weighted by atomic mass is 10.0. The highest BCUT2D eigenvalue weighted by atomic mass is 32.2. The fourth-order valence-corrected chi connectivity index (χ4v) is 5.57. The SMILES string of the molecule is COC(=O)[C@@H](CNC(=O)[C@H](C)CCCC[NH3+])NCC1CCCN1S(=O)(=O)c1ccccc1. The van der Waals surface area contributed by atoms with E-state index in [0.29, 0.717) is 19.5 Å². The van der Waals surface area contributed by atoms with E-state index in [1.54, 1.807) is 30.3 Å². The molecule has 2 rings (SSSR count). The predicted octanol–water partition coefficient (Wildman–Crippen LogP) is 0.135. The van der Waals surface area contributed by atoms with Gasteiger partial charge in [-0.2, -0.15) is 4.31 Å². The van der Waals surface area contributed by atoms with Crippen LogP contribution in [-0.4, -0.2) is 70.0 Å². The standard InChI is InChI=1S/C22H36N4O5S/c1-17(9-6-7-13-23)21(27)25-16-20(22(28)31-2)24-15-18-10-8-14-26(18)32(29,30)19-11-4-3-5-12-19/h3-5,11-12,17-18,20,24H,6-10,13-16,23H2,1-2H3,(H,25,27)/p+1/t17-,18?,20-/m1/s1. The molecule has 9 nitrogen and oxygen atoms in total. The Morgan fingerprint density at radius 1 is 1.25 bits per heavy atom. The van der Waals surface area contributed by atoms with Crippen molar-refractivity contribution in [3.8, 4) is 0 Å². The van der Waals surface area contributed by atoms with Crippen LogP contribution in [0, 0.1) is 5.92 Å². The number of carbonyl (C=O) groups excluding carboxylic acids is 2. The number of unbranched alkanes of at least 4 members (excludes halogenated alkanes) is 1. The maximum Gasteiger partial charge on any atom is 0.324 e. The molecule has 1 aromatic carbocycles. The largest absolute Gasteiger partial charge is 0.468 e. The van der Waals surface area contributed by atoms with Crippen LogP contribution in [0.2, 0.25) is 0 Å². The second-order valence-electron chi connectivity index (χ2n) is 8.20. The van der Waals surface area contributed by atoms with E-state index in [0.717, 1.165) is 32.2 Å². The third-order valence-electron chi connectivity index (χ3n) is 5.82. The molecule has 1 fully saturated rings. The first kappa shape index (κ1) is 26.2. The molecular formula is C22H37N4O5S+. The smallest absolute Gasteiger partial charge is 0.324 e. The predicted molar refractivity (Wildman–Crippen MR) is 121 cm³/mol. The summed E-state index contributed by atoms with van der Waals surface area (Å²) in [6, 6.07) is 7.33. The molecule has 1 unspecified atom stereocenters. The fraction of sp³-hybridized carbons (Fsp3) is 0.636. The summed E-state index contributed by atoms with van der Waals surface area (Å²) in [5.41, 5.74) is 3.81. The number of methoxy groups -OCH3 is 1. The number of esters is 1. The highest BCUT2D eigenvalue weighted by Gasteiger charge is 2.35. The van der Waals surface area contributed by atoms with E-state index in [-0.39, 0.29) is 29.3 Å². The van der Waals surface area contributed by atoms with Crippen molar-refractivity contribution in [3.63, 3.8) is 0 Å². The van der Waals surface area contributed by atoms with Gasteiger partial charge in [-0.1, -0.05) is 25.1 Å². The van der Waals surface area contributed by atoms with E-state index in [4.69, 9.17) is 4.74 Å². The topological polar surface area (TPSA) is 132 Å². The Kier molecular flexibility index (Phi) is 10.6. The van der Waals surface area contributed by atoms with E-state index in [1.165, 1.54) is 11.4 Å². The monoisotopic (exact) mass is 469 g/mol. The van der Waals surface area contributed by atoms with Crippen LogP contribution in [0.25, 0.3) is 0 Å². The summed E-state index contributed by atoms with van der Waals surface area (Å²) in [6.45, 7) is 3.53. The van der Waals surface area contributed by atoms with Gasteiger partial charge in [-0.15, -0.1) is 0 Å². The number of nitrogens with one attached hydrogen (secondary N) is 2. The zero-order valence-electron chi connectivity index (χ0n) is 19.1. The van der Waals surface area contributed by atoms with E-state index in [1.807, 2.05) is 6.92 Å². The molecule has 1 aliphatic heterocycles. The van der Waals surface area contributed by atoms with Gasteiger partial charge in [0, 0.05) is 31.6 Å². The molecule has 0 radical (unpaired) electrons. The summed E-state index contributed by atoms with van der Waals surface area (Å²) in [5.74, 6) is -0.759. The molecule has 10 heteroatoms. The minimum absolute atomic E-state index is 0.0866. The first-order chi connectivity index (χ1) is 15.3. The van der Waals surface area contributed by atoms with Gasteiger partial charge in [0.25, 0.3) is 0 Å². The summed E-state index contributed by atoms with van der Waals surface area (Å²) in [7, 11) is -2.31. The van der Waals surface area contributed by atoms with Gasteiger partial charge in [0.2, 0.25) is 15.9 Å². The normalized spacial score (nSPS) is 18.8. The molecule has 1 aliphatic rings. The molecule has 0 spiro atoms. The van der Waals surface area contributed by atoms with E-state index in [9.17, 15) is 18.0 Å². The lowest BCUT2D eigenvalue weighted by Gasteiger charge is -2.26. The van der Waals surface area contributed by atoms with E-state index in [2.05, 4.69) is 16.4 Å². The van der Waals surface area contributed by atoms with Crippen molar-refractivity contribution in [3.05, 3.63) is 30.3 Å². The number of hydrogen-bond donors (Lipinski definition) is 3.